The highest BCUT2D eigenvalue weighted by molar-refractivity contribution is 9.10. The van der Waals surface area contributed by atoms with Gasteiger partial charge in [0.05, 0.1) is 28.2 Å². The number of rotatable bonds is 11. The Morgan fingerprint density at radius 2 is 1.74 bits per heavy atom. The smallest absolute Gasteiger partial charge is 0.408 e. The molecule has 1 fully saturated rings. The van der Waals surface area contributed by atoms with Crippen LogP contribution in [0.5, 0.6) is 0 Å². The van der Waals surface area contributed by atoms with Crippen molar-refractivity contribution in [3.8, 4) is 0 Å². The van der Waals surface area contributed by atoms with E-state index in [-0.39, 0.29) is 40.5 Å². The first-order valence-corrected chi connectivity index (χ1v) is 14.6. The van der Waals surface area contributed by atoms with Crippen molar-refractivity contribution in [3.63, 3.8) is 0 Å². The molecular weight excluding hydrogens is 608 g/mol. The van der Waals surface area contributed by atoms with Crippen LogP contribution in [-0.4, -0.2) is 80.4 Å². The number of nitrogens with zero attached hydrogens (tertiary/aromatic N) is 1. The summed E-state index contributed by atoms with van der Waals surface area (Å²) in [5.41, 5.74) is 1.05. The summed E-state index contributed by atoms with van der Waals surface area (Å²) >= 11 is 15.9. The molecule has 0 radical (unpaired) electrons. The van der Waals surface area contributed by atoms with Crippen LogP contribution >= 0.6 is 39.1 Å². The van der Waals surface area contributed by atoms with Crippen LogP contribution in [-0.2, 0) is 20.5 Å². The van der Waals surface area contributed by atoms with Gasteiger partial charge in [0.1, 0.15) is 6.04 Å². The highest BCUT2D eigenvalue weighted by Crippen LogP contribution is 2.31. The van der Waals surface area contributed by atoms with E-state index >= 15 is 0 Å². The summed E-state index contributed by atoms with van der Waals surface area (Å²) < 4.78 is 12.5. The SMILES string of the molecule is CC(C)C[C@H](NC(=O)[C@H](Cc1ccccc1)NC(=O)c1c(Br)ccc(Cl)c1Cl)B1OCCN(CCO)CCO1. The maximum Gasteiger partial charge on any atom is 0.480 e. The Morgan fingerprint density at radius 3 is 2.36 bits per heavy atom. The van der Waals surface area contributed by atoms with Crippen molar-refractivity contribution >= 4 is 58.1 Å². The van der Waals surface area contributed by atoms with Crippen molar-refractivity contribution in [3.05, 3.63) is 68.1 Å². The molecule has 2 atom stereocenters. The molecule has 39 heavy (non-hydrogen) atoms. The van der Waals surface area contributed by atoms with Gasteiger partial charge in [-0.05, 0) is 46.0 Å². The summed E-state index contributed by atoms with van der Waals surface area (Å²) in [4.78, 5) is 29.1. The number of carbonyl (C=O) groups is 2. The normalized spacial score (nSPS) is 16.3. The molecule has 1 aliphatic heterocycles. The lowest BCUT2D eigenvalue weighted by Gasteiger charge is -2.31. The molecule has 3 N–H and O–H groups in total. The van der Waals surface area contributed by atoms with E-state index < -0.39 is 25.0 Å². The Labute approximate surface area is 249 Å². The second kappa shape index (κ2) is 16.0. The molecular formula is C27H35BBrCl2N3O5. The third-order valence-corrected chi connectivity index (χ3v) is 7.82. The Morgan fingerprint density at radius 1 is 1.08 bits per heavy atom. The van der Waals surface area contributed by atoms with Crippen LogP contribution < -0.4 is 10.6 Å². The molecule has 8 nitrogen and oxygen atoms in total. The lowest BCUT2D eigenvalue weighted by atomic mass is 9.73. The van der Waals surface area contributed by atoms with E-state index in [1.54, 1.807) is 12.1 Å². The predicted molar refractivity (Wildman–Crippen MR) is 158 cm³/mol. The Hall–Kier alpha value is -1.66. The van der Waals surface area contributed by atoms with Gasteiger partial charge in [-0.1, -0.05) is 67.4 Å². The summed E-state index contributed by atoms with van der Waals surface area (Å²) in [5.74, 6) is -1.06. The molecule has 1 heterocycles. The van der Waals surface area contributed by atoms with Gasteiger partial charge in [0.25, 0.3) is 5.91 Å². The summed E-state index contributed by atoms with van der Waals surface area (Å²) in [6, 6.07) is 11.8. The maximum absolute atomic E-state index is 13.7. The van der Waals surface area contributed by atoms with Gasteiger partial charge in [-0.3, -0.25) is 14.5 Å². The van der Waals surface area contributed by atoms with Gasteiger partial charge in [-0.15, -0.1) is 0 Å². The number of benzene rings is 2. The van der Waals surface area contributed by atoms with Gasteiger partial charge in [0, 0.05) is 43.7 Å². The van der Waals surface area contributed by atoms with Crippen LogP contribution in [0.25, 0.3) is 0 Å². The fourth-order valence-corrected chi connectivity index (χ4v) is 5.44. The van der Waals surface area contributed by atoms with E-state index in [1.165, 1.54) is 0 Å². The van der Waals surface area contributed by atoms with Crippen LogP contribution in [0.3, 0.4) is 0 Å². The molecule has 12 heteroatoms. The van der Waals surface area contributed by atoms with Crippen molar-refractivity contribution in [2.75, 3.05) is 39.5 Å². The number of hydrogen-bond donors (Lipinski definition) is 3. The number of hydrogen-bond acceptors (Lipinski definition) is 6. The number of nitrogens with one attached hydrogen (secondary N) is 2. The molecule has 3 rings (SSSR count). The summed E-state index contributed by atoms with van der Waals surface area (Å²) in [6.45, 7) is 6.87. The monoisotopic (exact) mass is 641 g/mol. The zero-order valence-electron chi connectivity index (χ0n) is 22.2. The van der Waals surface area contributed by atoms with Gasteiger partial charge in [0.2, 0.25) is 5.91 Å². The Balaban J connectivity index is 1.80. The molecule has 0 saturated carbocycles. The average Bonchev–Trinajstić information content (AvgIpc) is 2.87. The van der Waals surface area contributed by atoms with Gasteiger partial charge >= 0.3 is 7.12 Å². The van der Waals surface area contributed by atoms with Crippen LogP contribution in [0.2, 0.25) is 10.0 Å². The molecule has 1 saturated heterocycles. The third kappa shape index (κ3) is 9.74. The van der Waals surface area contributed by atoms with Crippen LogP contribution in [0, 0.1) is 5.92 Å². The molecule has 2 aromatic rings. The zero-order valence-corrected chi connectivity index (χ0v) is 25.3. The standard InChI is InChI=1S/C27H35BBrCl2N3O5/c1-18(2)16-23(28-38-14-11-34(10-13-35)12-15-39-28)33-26(36)22(17-19-6-4-3-5-7-19)32-27(37)24-20(29)8-9-21(30)25(24)31/h3-9,18,22-23,35H,10-17H2,1-2H3,(H,32,37)(H,33,36)/t22-,23-/m0/s1. The molecule has 2 aromatic carbocycles. The van der Waals surface area contributed by atoms with E-state index in [2.05, 4.69) is 45.3 Å². The van der Waals surface area contributed by atoms with E-state index in [4.69, 9.17) is 32.5 Å². The second-order valence-electron chi connectivity index (χ2n) is 9.85. The van der Waals surface area contributed by atoms with Crippen molar-refractivity contribution in [1.29, 1.82) is 0 Å². The predicted octanol–water partition coefficient (Wildman–Crippen LogP) is 4.00. The molecule has 1 aliphatic rings. The van der Waals surface area contributed by atoms with Gasteiger partial charge in [-0.2, -0.15) is 0 Å². The lowest BCUT2D eigenvalue weighted by molar-refractivity contribution is -0.123. The van der Waals surface area contributed by atoms with Crippen molar-refractivity contribution in [2.45, 2.75) is 38.7 Å². The largest absolute Gasteiger partial charge is 0.480 e. The zero-order chi connectivity index (χ0) is 28.4. The first-order chi connectivity index (χ1) is 18.7. The third-order valence-electron chi connectivity index (χ3n) is 6.35. The van der Waals surface area contributed by atoms with Crippen LogP contribution in [0.1, 0.15) is 36.2 Å². The van der Waals surface area contributed by atoms with Crippen molar-refractivity contribution < 1.29 is 24.0 Å². The number of halogens is 3. The molecule has 0 aliphatic carbocycles. The number of β-amino-alcohol motifs (C(OH)–C–C–N with tert-alkyl or cyclic N) is 1. The fraction of sp³-hybridized carbons (Fsp3) is 0.481. The highest BCUT2D eigenvalue weighted by Gasteiger charge is 2.36. The quantitative estimate of drug-likeness (QED) is 0.253. The van der Waals surface area contributed by atoms with Crippen LogP contribution in [0.4, 0.5) is 0 Å². The molecule has 0 unspecified atom stereocenters. The molecule has 0 aromatic heterocycles. The topological polar surface area (TPSA) is 100 Å². The molecule has 212 valence electrons. The number of aliphatic hydroxyl groups is 1. The number of carbonyl (C=O) groups excluding carboxylic acids is 2. The summed E-state index contributed by atoms with van der Waals surface area (Å²) in [5, 5.41) is 15.5. The Kier molecular flexibility index (Phi) is 13.0. The number of amides is 2. The lowest BCUT2D eigenvalue weighted by Crippen LogP contribution is -2.57. The number of aliphatic hydroxyl groups excluding tert-OH is 1. The van der Waals surface area contributed by atoms with Gasteiger partial charge < -0.3 is 25.0 Å². The fourth-order valence-electron chi connectivity index (χ4n) is 4.41. The van der Waals surface area contributed by atoms with Crippen LogP contribution in [0.15, 0.2) is 46.9 Å². The highest BCUT2D eigenvalue weighted by atomic mass is 79.9. The first-order valence-electron chi connectivity index (χ1n) is 13.0. The maximum atomic E-state index is 13.7. The van der Waals surface area contributed by atoms with Crippen molar-refractivity contribution in [2.24, 2.45) is 5.92 Å². The van der Waals surface area contributed by atoms with E-state index in [0.29, 0.717) is 43.7 Å². The first kappa shape index (κ1) is 31.9. The molecule has 2 amide bonds. The minimum Gasteiger partial charge on any atom is -0.408 e. The summed E-state index contributed by atoms with van der Waals surface area (Å²) in [6.07, 6.45) is 0.888. The van der Waals surface area contributed by atoms with Gasteiger partial charge in [0.15, 0.2) is 0 Å². The van der Waals surface area contributed by atoms with Crippen molar-refractivity contribution in [1.82, 2.24) is 15.5 Å². The minimum absolute atomic E-state index is 0.0704. The average molecular weight is 643 g/mol. The molecule has 0 bridgehead atoms. The Bertz CT molecular complexity index is 1090. The van der Waals surface area contributed by atoms with E-state index in [1.807, 2.05) is 30.3 Å². The van der Waals surface area contributed by atoms with E-state index in [9.17, 15) is 14.7 Å². The van der Waals surface area contributed by atoms with E-state index in [0.717, 1.165) is 5.56 Å². The minimum atomic E-state index is -0.898. The second-order valence-corrected chi connectivity index (χ2v) is 11.5. The van der Waals surface area contributed by atoms with Gasteiger partial charge in [-0.25, -0.2) is 0 Å². The molecule has 0 spiro atoms. The summed E-state index contributed by atoms with van der Waals surface area (Å²) in [7, 11) is -0.641.